The Morgan fingerprint density at radius 3 is 2.47 bits per heavy atom. The second-order valence-electron chi connectivity index (χ2n) is 4.47. The highest BCUT2D eigenvalue weighted by Crippen LogP contribution is 2.27. The number of aliphatic hydroxyl groups is 1. The van der Waals surface area contributed by atoms with Crippen molar-refractivity contribution in [3.8, 4) is 0 Å². The molecule has 1 N–H and O–H groups in total. The smallest absolute Gasteiger partial charge is 0.161 e. The van der Waals surface area contributed by atoms with Crippen LogP contribution in [0, 0.1) is 0 Å². The van der Waals surface area contributed by atoms with E-state index in [1.54, 1.807) is 0 Å². The maximum Gasteiger partial charge on any atom is 0.161 e. The first kappa shape index (κ1) is 12.4. The van der Waals surface area contributed by atoms with Crippen LogP contribution in [0.5, 0.6) is 0 Å². The summed E-state index contributed by atoms with van der Waals surface area (Å²) in [4.78, 5) is 11.5. The maximum atomic E-state index is 11.5. The van der Waals surface area contributed by atoms with Crippen LogP contribution in [0.2, 0.25) is 0 Å². The first-order valence-electron chi connectivity index (χ1n) is 6.07. The van der Waals surface area contributed by atoms with E-state index in [0.29, 0.717) is 6.42 Å². The fourth-order valence-electron chi connectivity index (χ4n) is 2.11. The van der Waals surface area contributed by atoms with E-state index in [-0.39, 0.29) is 5.78 Å². The molecule has 0 saturated carbocycles. The van der Waals surface area contributed by atoms with Crippen LogP contribution in [0.3, 0.4) is 0 Å². The summed E-state index contributed by atoms with van der Waals surface area (Å²) in [7, 11) is 0. The SMILES string of the molecule is CCCCCCCC1=C(C)C(O)CC1=O. The molecule has 0 spiro atoms. The van der Waals surface area contributed by atoms with Crippen LogP contribution in [-0.4, -0.2) is 17.0 Å². The van der Waals surface area contributed by atoms with Gasteiger partial charge in [-0.2, -0.15) is 0 Å². The Kier molecular flexibility index (Phi) is 5.03. The minimum Gasteiger partial charge on any atom is -0.388 e. The quantitative estimate of drug-likeness (QED) is 0.684. The van der Waals surface area contributed by atoms with Gasteiger partial charge >= 0.3 is 0 Å². The molecule has 0 fully saturated rings. The van der Waals surface area contributed by atoms with E-state index in [9.17, 15) is 9.90 Å². The Labute approximate surface area is 92.4 Å². The standard InChI is InChI=1S/C13H22O2/c1-3-4-5-6-7-8-11-10(2)12(14)9-13(11)15/h12,14H,3-9H2,1-2H3. The van der Waals surface area contributed by atoms with Crippen LogP contribution in [0.25, 0.3) is 0 Å². The van der Waals surface area contributed by atoms with Crippen LogP contribution >= 0.6 is 0 Å². The average molecular weight is 210 g/mol. The van der Waals surface area contributed by atoms with Gasteiger partial charge in [-0.15, -0.1) is 0 Å². The lowest BCUT2D eigenvalue weighted by Gasteiger charge is -2.03. The molecule has 1 unspecified atom stereocenters. The van der Waals surface area contributed by atoms with Gasteiger partial charge in [-0.25, -0.2) is 0 Å². The predicted octanol–water partition coefficient (Wildman–Crippen LogP) is 3.00. The molecular weight excluding hydrogens is 188 g/mol. The first-order valence-corrected chi connectivity index (χ1v) is 6.07. The molecule has 1 aliphatic carbocycles. The number of hydrogen-bond donors (Lipinski definition) is 1. The number of aliphatic hydroxyl groups excluding tert-OH is 1. The van der Waals surface area contributed by atoms with E-state index in [2.05, 4.69) is 6.92 Å². The Morgan fingerprint density at radius 2 is 1.93 bits per heavy atom. The number of carbonyl (C=O) groups is 1. The fourth-order valence-corrected chi connectivity index (χ4v) is 2.11. The van der Waals surface area contributed by atoms with Crippen molar-refractivity contribution < 1.29 is 9.90 Å². The summed E-state index contributed by atoms with van der Waals surface area (Å²) in [6.07, 6.45) is 6.77. The highest BCUT2D eigenvalue weighted by Gasteiger charge is 2.26. The molecule has 0 bridgehead atoms. The van der Waals surface area contributed by atoms with Crippen molar-refractivity contribution in [2.75, 3.05) is 0 Å². The third kappa shape index (κ3) is 3.45. The predicted molar refractivity (Wildman–Crippen MR) is 61.7 cm³/mol. The molecule has 0 heterocycles. The van der Waals surface area contributed by atoms with Gasteiger partial charge in [-0.1, -0.05) is 32.6 Å². The summed E-state index contributed by atoms with van der Waals surface area (Å²) in [5, 5.41) is 9.50. The lowest BCUT2D eigenvalue weighted by Crippen LogP contribution is -2.03. The second kappa shape index (κ2) is 6.06. The molecule has 0 aromatic rings. The van der Waals surface area contributed by atoms with E-state index in [4.69, 9.17) is 0 Å². The summed E-state index contributed by atoms with van der Waals surface area (Å²) >= 11 is 0. The molecule has 0 aliphatic heterocycles. The largest absolute Gasteiger partial charge is 0.388 e. The third-order valence-electron chi connectivity index (χ3n) is 3.22. The number of hydrogen-bond acceptors (Lipinski definition) is 2. The van der Waals surface area contributed by atoms with Gasteiger partial charge in [0, 0.05) is 6.42 Å². The van der Waals surface area contributed by atoms with Crippen LogP contribution in [0.1, 0.15) is 58.8 Å². The molecule has 1 rings (SSSR count). The van der Waals surface area contributed by atoms with Gasteiger partial charge in [-0.05, 0) is 30.9 Å². The Balaban J connectivity index is 2.29. The number of unbranched alkanes of at least 4 members (excludes halogenated alkanes) is 4. The van der Waals surface area contributed by atoms with Crippen LogP contribution in [0.15, 0.2) is 11.1 Å². The highest BCUT2D eigenvalue weighted by molar-refractivity contribution is 5.99. The van der Waals surface area contributed by atoms with Crippen molar-refractivity contribution in [2.24, 2.45) is 0 Å². The Hall–Kier alpha value is -0.630. The van der Waals surface area contributed by atoms with Gasteiger partial charge in [0.1, 0.15) is 0 Å². The maximum absolute atomic E-state index is 11.5. The molecule has 86 valence electrons. The normalized spacial score (nSPS) is 21.5. The average Bonchev–Trinajstić information content (AvgIpc) is 2.44. The van der Waals surface area contributed by atoms with Crippen molar-refractivity contribution in [1.82, 2.24) is 0 Å². The monoisotopic (exact) mass is 210 g/mol. The van der Waals surface area contributed by atoms with Crippen molar-refractivity contribution in [2.45, 2.75) is 64.9 Å². The van der Waals surface area contributed by atoms with Crippen molar-refractivity contribution in [1.29, 1.82) is 0 Å². The molecular formula is C13H22O2. The van der Waals surface area contributed by atoms with Crippen LogP contribution < -0.4 is 0 Å². The van der Waals surface area contributed by atoms with Gasteiger partial charge in [0.05, 0.1) is 6.10 Å². The van der Waals surface area contributed by atoms with Crippen LogP contribution in [-0.2, 0) is 4.79 Å². The van der Waals surface area contributed by atoms with Gasteiger partial charge in [0.15, 0.2) is 5.78 Å². The zero-order chi connectivity index (χ0) is 11.3. The summed E-state index contributed by atoms with van der Waals surface area (Å²) < 4.78 is 0. The molecule has 2 nitrogen and oxygen atoms in total. The highest BCUT2D eigenvalue weighted by atomic mass is 16.3. The number of ketones is 1. The Morgan fingerprint density at radius 1 is 1.27 bits per heavy atom. The zero-order valence-electron chi connectivity index (χ0n) is 9.88. The Bertz CT molecular complexity index is 253. The fraction of sp³-hybridized carbons (Fsp3) is 0.769. The van der Waals surface area contributed by atoms with E-state index in [1.807, 2.05) is 6.92 Å². The molecule has 2 heteroatoms. The molecule has 0 aromatic heterocycles. The molecule has 15 heavy (non-hydrogen) atoms. The van der Waals surface area contributed by atoms with Gasteiger partial charge in [0.25, 0.3) is 0 Å². The number of carbonyl (C=O) groups excluding carboxylic acids is 1. The summed E-state index contributed by atoms with van der Waals surface area (Å²) in [6, 6.07) is 0. The minimum atomic E-state index is -0.497. The summed E-state index contributed by atoms with van der Waals surface area (Å²) in [5.41, 5.74) is 1.81. The van der Waals surface area contributed by atoms with Gasteiger partial charge in [-0.3, -0.25) is 4.79 Å². The number of allylic oxidation sites excluding steroid dienone is 1. The van der Waals surface area contributed by atoms with Crippen LogP contribution in [0.4, 0.5) is 0 Å². The second-order valence-corrected chi connectivity index (χ2v) is 4.47. The topological polar surface area (TPSA) is 37.3 Å². The van der Waals surface area contributed by atoms with Crippen molar-refractivity contribution in [3.63, 3.8) is 0 Å². The molecule has 1 atom stereocenters. The van der Waals surface area contributed by atoms with E-state index in [1.165, 1.54) is 25.7 Å². The molecule has 0 amide bonds. The van der Waals surface area contributed by atoms with E-state index < -0.39 is 6.10 Å². The van der Waals surface area contributed by atoms with E-state index in [0.717, 1.165) is 24.0 Å². The number of rotatable bonds is 6. The molecule has 1 aliphatic rings. The zero-order valence-corrected chi connectivity index (χ0v) is 9.88. The lowest BCUT2D eigenvalue weighted by molar-refractivity contribution is -0.116. The molecule has 0 radical (unpaired) electrons. The summed E-state index contributed by atoms with van der Waals surface area (Å²) in [5.74, 6) is 0.162. The first-order chi connectivity index (χ1) is 7.16. The van der Waals surface area contributed by atoms with Crippen molar-refractivity contribution in [3.05, 3.63) is 11.1 Å². The minimum absolute atomic E-state index is 0.162. The third-order valence-corrected chi connectivity index (χ3v) is 3.22. The van der Waals surface area contributed by atoms with Crippen molar-refractivity contribution >= 4 is 5.78 Å². The molecule has 0 aromatic carbocycles. The van der Waals surface area contributed by atoms with Gasteiger partial charge in [0.2, 0.25) is 0 Å². The molecule has 0 saturated heterocycles. The van der Waals surface area contributed by atoms with E-state index >= 15 is 0 Å². The number of Topliss-reactive ketones (excluding diaryl/α,β-unsaturated/α-hetero) is 1. The lowest BCUT2D eigenvalue weighted by atomic mass is 10.0. The van der Waals surface area contributed by atoms with Gasteiger partial charge < -0.3 is 5.11 Å². The summed E-state index contributed by atoms with van der Waals surface area (Å²) in [6.45, 7) is 4.08.